The molecular formula is C18H31N3O5. The Bertz CT molecular complexity index is 479. The summed E-state index contributed by atoms with van der Waals surface area (Å²) in [6, 6.07) is -0.450. The molecule has 0 saturated heterocycles. The number of carbonyl (C=O) groups excluding carboxylic acids is 2. The lowest BCUT2D eigenvalue weighted by Crippen LogP contribution is -2.53. The van der Waals surface area contributed by atoms with Gasteiger partial charge in [-0.15, -0.1) is 0 Å². The van der Waals surface area contributed by atoms with Crippen molar-refractivity contribution >= 4 is 11.9 Å². The Labute approximate surface area is 154 Å². The Morgan fingerprint density at radius 3 is 2.65 bits per heavy atom. The Morgan fingerprint density at radius 1 is 1.19 bits per heavy atom. The van der Waals surface area contributed by atoms with E-state index in [0.29, 0.717) is 13.2 Å². The van der Waals surface area contributed by atoms with Crippen molar-refractivity contribution in [3.05, 3.63) is 12.2 Å². The van der Waals surface area contributed by atoms with E-state index >= 15 is 0 Å². The van der Waals surface area contributed by atoms with Crippen LogP contribution >= 0.6 is 0 Å². The summed E-state index contributed by atoms with van der Waals surface area (Å²) in [4.78, 5) is 24.0. The lowest BCUT2D eigenvalue weighted by molar-refractivity contribution is -0.125. The highest BCUT2D eigenvalue weighted by Gasteiger charge is 2.29. The number of nitrogens with one attached hydrogen (secondary N) is 3. The fourth-order valence-corrected chi connectivity index (χ4v) is 3.31. The van der Waals surface area contributed by atoms with Crippen molar-refractivity contribution in [2.75, 3.05) is 26.9 Å². The van der Waals surface area contributed by atoms with Crippen LogP contribution in [0.15, 0.2) is 12.2 Å². The predicted molar refractivity (Wildman–Crippen MR) is 96.7 cm³/mol. The van der Waals surface area contributed by atoms with Crippen LogP contribution in [-0.4, -0.2) is 68.2 Å². The maximum absolute atomic E-state index is 12.2. The molecular weight excluding hydrogens is 338 g/mol. The first kappa shape index (κ1) is 20.7. The Morgan fingerprint density at radius 2 is 1.96 bits per heavy atom. The minimum Gasteiger partial charge on any atom is -0.394 e. The molecule has 1 aliphatic carbocycles. The van der Waals surface area contributed by atoms with Crippen LogP contribution in [0.3, 0.4) is 0 Å². The molecule has 26 heavy (non-hydrogen) atoms. The van der Waals surface area contributed by atoms with E-state index in [0.717, 1.165) is 25.7 Å². The molecule has 4 N–H and O–H groups in total. The van der Waals surface area contributed by atoms with Crippen molar-refractivity contribution < 1.29 is 24.2 Å². The van der Waals surface area contributed by atoms with Crippen molar-refractivity contribution in [2.45, 2.75) is 62.8 Å². The molecule has 0 aromatic carbocycles. The molecule has 1 fully saturated rings. The third-order valence-corrected chi connectivity index (χ3v) is 4.72. The zero-order valence-electron chi connectivity index (χ0n) is 15.4. The van der Waals surface area contributed by atoms with E-state index in [1.807, 2.05) is 0 Å². The number of amides is 3. The van der Waals surface area contributed by atoms with Crippen molar-refractivity contribution in [1.29, 1.82) is 0 Å². The first-order valence-electron chi connectivity index (χ1n) is 9.39. The molecule has 1 aliphatic heterocycles. The largest absolute Gasteiger partial charge is 0.394 e. The molecule has 0 spiro atoms. The standard InChI is InChI=1S/C18H31N3O5/c1-25-10-9-19-17(23)11-14-7-8-15(16(12-22)26-14)21-18(24)20-13-5-3-2-4-6-13/h7-8,13-16,22H,2-6,9-12H2,1H3,(H,19,23)(H2,20,21,24)/t14-,15-,16-/m0/s1. The monoisotopic (exact) mass is 369 g/mol. The molecule has 0 aromatic heterocycles. The topological polar surface area (TPSA) is 109 Å². The third kappa shape index (κ3) is 6.93. The number of rotatable bonds is 8. The summed E-state index contributed by atoms with van der Waals surface area (Å²) < 4.78 is 10.6. The lowest BCUT2D eigenvalue weighted by Gasteiger charge is -2.32. The maximum Gasteiger partial charge on any atom is 0.315 e. The van der Waals surface area contributed by atoms with Gasteiger partial charge in [-0.1, -0.05) is 31.4 Å². The fraction of sp³-hybridized carbons (Fsp3) is 0.778. The molecule has 3 atom stereocenters. The van der Waals surface area contributed by atoms with Crippen LogP contribution < -0.4 is 16.0 Å². The van der Waals surface area contributed by atoms with Crippen LogP contribution in [0.1, 0.15) is 38.5 Å². The Kier molecular flexibility index (Phi) is 8.87. The van der Waals surface area contributed by atoms with Gasteiger partial charge in [0, 0.05) is 19.7 Å². The van der Waals surface area contributed by atoms with Crippen molar-refractivity contribution in [3.63, 3.8) is 0 Å². The van der Waals surface area contributed by atoms with E-state index in [2.05, 4.69) is 16.0 Å². The minimum atomic E-state index is -0.575. The van der Waals surface area contributed by atoms with Gasteiger partial charge in [-0.05, 0) is 12.8 Å². The lowest BCUT2D eigenvalue weighted by atomic mass is 9.96. The minimum absolute atomic E-state index is 0.144. The molecule has 0 aromatic rings. The quantitative estimate of drug-likeness (QED) is 0.367. The van der Waals surface area contributed by atoms with Crippen LogP contribution in [0, 0.1) is 0 Å². The second kappa shape index (κ2) is 11.2. The van der Waals surface area contributed by atoms with Crippen molar-refractivity contribution in [2.24, 2.45) is 0 Å². The zero-order chi connectivity index (χ0) is 18.8. The molecule has 8 heteroatoms. The third-order valence-electron chi connectivity index (χ3n) is 4.72. The van der Waals surface area contributed by atoms with Gasteiger partial charge in [0.25, 0.3) is 0 Å². The predicted octanol–water partition coefficient (Wildman–Crippen LogP) is 0.456. The first-order chi connectivity index (χ1) is 12.6. The average Bonchev–Trinajstić information content (AvgIpc) is 2.64. The van der Waals surface area contributed by atoms with Gasteiger partial charge in [0.1, 0.15) is 6.10 Å². The summed E-state index contributed by atoms with van der Waals surface area (Å²) in [5.41, 5.74) is 0. The van der Waals surface area contributed by atoms with E-state index in [1.54, 1.807) is 19.3 Å². The van der Waals surface area contributed by atoms with Gasteiger partial charge in [0.15, 0.2) is 0 Å². The Balaban J connectivity index is 1.78. The first-order valence-corrected chi connectivity index (χ1v) is 9.39. The number of carbonyl (C=O) groups is 2. The van der Waals surface area contributed by atoms with Gasteiger partial charge in [0.05, 0.1) is 31.8 Å². The van der Waals surface area contributed by atoms with E-state index in [-0.39, 0.29) is 31.0 Å². The fourth-order valence-electron chi connectivity index (χ4n) is 3.31. The van der Waals surface area contributed by atoms with Crippen molar-refractivity contribution in [3.8, 4) is 0 Å². The summed E-state index contributed by atoms with van der Waals surface area (Å²) in [6.07, 6.45) is 8.25. The SMILES string of the molecule is COCCNC(=O)C[C@@H]1C=C[C@H](NC(=O)NC2CCCCC2)[C@H](CO)O1. The smallest absolute Gasteiger partial charge is 0.315 e. The number of aliphatic hydroxyl groups excluding tert-OH is 1. The number of urea groups is 1. The number of ether oxygens (including phenoxy) is 2. The van der Waals surface area contributed by atoms with Crippen LogP contribution in [-0.2, 0) is 14.3 Å². The molecule has 2 aliphatic rings. The molecule has 3 amide bonds. The summed E-state index contributed by atoms with van der Waals surface area (Å²) in [7, 11) is 1.57. The highest BCUT2D eigenvalue weighted by atomic mass is 16.5. The van der Waals surface area contributed by atoms with Gasteiger partial charge in [-0.2, -0.15) is 0 Å². The summed E-state index contributed by atoms with van der Waals surface area (Å²) in [5.74, 6) is -0.144. The summed E-state index contributed by atoms with van der Waals surface area (Å²) in [6.45, 7) is 0.662. The van der Waals surface area contributed by atoms with Crippen LogP contribution in [0.5, 0.6) is 0 Å². The van der Waals surface area contributed by atoms with E-state index in [4.69, 9.17) is 9.47 Å². The molecule has 2 rings (SSSR count). The van der Waals surface area contributed by atoms with E-state index in [9.17, 15) is 14.7 Å². The van der Waals surface area contributed by atoms with Gasteiger partial charge in [-0.25, -0.2) is 4.79 Å². The van der Waals surface area contributed by atoms with Crippen LogP contribution in [0.2, 0.25) is 0 Å². The second-order valence-electron chi connectivity index (χ2n) is 6.81. The summed E-state index contributed by atoms with van der Waals surface area (Å²) in [5, 5.41) is 18.1. The highest BCUT2D eigenvalue weighted by molar-refractivity contribution is 5.77. The number of methoxy groups -OCH3 is 1. The second-order valence-corrected chi connectivity index (χ2v) is 6.81. The van der Waals surface area contributed by atoms with Gasteiger partial charge >= 0.3 is 6.03 Å². The number of aliphatic hydroxyl groups is 1. The molecule has 1 heterocycles. The van der Waals surface area contributed by atoms with Gasteiger partial charge in [-0.3, -0.25) is 4.79 Å². The van der Waals surface area contributed by atoms with Crippen LogP contribution in [0.25, 0.3) is 0 Å². The Hall–Kier alpha value is -1.64. The molecule has 0 radical (unpaired) electrons. The molecule has 1 saturated carbocycles. The maximum atomic E-state index is 12.2. The average molecular weight is 369 g/mol. The van der Waals surface area contributed by atoms with Gasteiger partial charge in [0.2, 0.25) is 5.91 Å². The molecule has 0 bridgehead atoms. The zero-order valence-corrected chi connectivity index (χ0v) is 15.4. The number of hydrogen-bond donors (Lipinski definition) is 4. The summed E-state index contributed by atoms with van der Waals surface area (Å²) >= 11 is 0. The highest BCUT2D eigenvalue weighted by Crippen LogP contribution is 2.18. The van der Waals surface area contributed by atoms with E-state index in [1.165, 1.54) is 6.42 Å². The molecule has 148 valence electrons. The number of hydrogen-bond acceptors (Lipinski definition) is 5. The van der Waals surface area contributed by atoms with E-state index < -0.39 is 18.2 Å². The van der Waals surface area contributed by atoms with Crippen LogP contribution in [0.4, 0.5) is 4.79 Å². The van der Waals surface area contributed by atoms with Crippen molar-refractivity contribution in [1.82, 2.24) is 16.0 Å². The molecule has 0 unspecified atom stereocenters. The normalized spacial score (nSPS) is 26.3. The molecule has 8 nitrogen and oxygen atoms in total. The van der Waals surface area contributed by atoms with Gasteiger partial charge < -0.3 is 30.5 Å².